The van der Waals surface area contributed by atoms with Gasteiger partial charge in [0, 0.05) is 23.1 Å². The van der Waals surface area contributed by atoms with Crippen LogP contribution in [0.2, 0.25) is 0 Å². The highest BCUT2D eigenvalue weighted by atomic mass is 32.2. The van der Waals surface area contributed by atoms with Crippen LogP contribution in [-0.4, -0.2) is 28.9 Å². The molecule has 0 saturated carbocycles. The quantitative estimate of drug-likeness (QED) is 0.230. The number of hydrogen-bond donors (Lipinski definition) is 1. The van der Waals surface area contributed by atoms with Crippen LogP contribution in [0.3, 0.4) is 0 Å². The Labute approximate surface area is 252 Å². The monoisotopic (exact) mass is 606 g/mol. The van der Waals surface area contributed by atoms with Gasteiger partial charge in [-0.1, -0.05) is 97.9 Å². The number of nitrogens with zero attached hydrogens (tertiary/aromatic N) is 3. The van der Waals surface area contributed by atoms with E-state index in [2.05, 4.69) is 9.71 Å². The third-order valence-electron chi connectivity index (χ3n) is 6.98. The van der Waals surface area contributed by atoms with Crippen molar-refractivity contribution in [3.05, 3.63) is 136 Å². The lowest BCUT2D eigenvalue weighted by molar-refractivity contribution is 0.0981. The van der Waals surface area contributed by atoms with E-state index in [4.69, 9.17) is 4.98 Å². The number of aryl methyl sites for hydroxylation is 1. The number of amides is 1. The number of thiazole rings is 1. The number of sulfonamides is 1. The molecule has 43 heavy (non-hydrogen) atoms. The van der Waals surface area contributed by atoms with Crippen LogP contribution in [-0.2, 0) is 23.0 Å². The fourth-order valence-corrected chi connectivity index (χ4v) is 6.99. The van der Waals surface area contributed by atoms with Gasteiger partial charge in [0.05, 0.1) is 11.4 Å². The molecule has 10 heteroatoms. The summed E-state index contributed by atoms with van der Waals surface area (Å²) in [4.78, 5) is 35.5. The van der Waals surface area contributed by atoms with Gasteiger partial charge in [0.15, 0.2) is 5.65 Å². The third-order valence-corrected chi connectivity index (χ3v) is 9.45. The van der Waals surface area contributed by atoms with Gasteiger partial charge in [-0.05, 0) is 29.3 Å². The Balaban J connectivity index is 1.29. The highest BCUT2D eigenvalue weighted by Crippen LogP contribution is 2.29. The minimum atomic E-state index is -4.16. The summed E-state index contributed by atoms with van der Waals surface area (Å²) in [5.74, 6) is -0.0672. The normalized spacial score (nSPS) is 11.5. The van der Waals surface area contributed by atoms with Crippen LogP contribution < -0.4 is 10.3 Å². The number of carbonyl (C=O) groups is 1. The van der Waals surface area contributed by atoms with E-state index in [9.17, 15) is 18.0 Å². The Hall–Kier alpha value is -4.93. The van der Waals surface area contributed by atoms with Crippen molar-refractivity contribution in [2.75, 3.05) is 0 Å². The Morgan fingerprint density at radius 2 is 1.47 bits per heavy atom. The van der Waals surface area contributed by atoms with Crippen LogP contribution in [0.25, 0.3) is 32.0 Å². The number of rotatable bonds is 8. The fourth-order valence-electron chi connectivity index (χ4n) is 4.82. The largest absolute Gasteiger partial charge is 0.291 e. The van der Waals surface area contributed by atoms with E-state index in [0.29, 0.717) is 40.3 Å². The molecule has 0 saturated heterocycles. The molecule has 0 atom stereocenters. The standard InChI is InChI=1S/C33H26N4O4S2/c1-2-28-34-30-29(42-32(35-30)25-13-7-4-8-14-25)33(39)37(28)21-22-17-19-23(20-18-22)26-15-9-10-16-27(26)43(40,41)36-31(38)24-11-5-3-6-12-24/h3-20H,2,21H2,1H3,(H,36,38). The summed E-state index contributed by atoms with van der Waals surface area (Å²) in [6, 6.07) is 31.8. The van der Waals surface area contributed by atoms with Crippen molar-refractivity contribution in [1.29, 1.82) is 0 Å². The van der Waals surface area contributed by atoms with Crippen molar-refractivity contribution >= 4 is 37.6 Å². The summed E-state index contributed by atoms with van der Waals surface area (Å²) >= 11 is 1.33. The SMILES string of the molecule is CCc1nc2nc(-c3ccccc3)sc2c(=O)n1Cc1ccc(-c2ccccc2S(=O)(=O)NC(=O)c2ccccc2)cc1. The van der Waals surface area contributed by atoms with Gasteiger partial charge in [0.1, 0.15) is 15.5 Å². The first-order chi connectivity index (χ1) is 20.8. The van der Waals surface area contributed by atoms with Crippen LogP contribution >= 0.6 is 11.3 Å². The number of aromatic nitrogens is 3. The van der Waals surface area contributed by atoms with Gasteiger partial charge in [-0.3, -0.25) is 14.2 Å². The van der Waals surface area contributed by atoms with Crippen molar-refractivity contribution in [2.45, 2.75) is 24.8 Å². The second kappa shape index (κ2) is 11.7. The summed E-state index contributed by atoms with van der Waals surface area (Å²) in [6.07, 6.45) is 0.557. The van der Waals surface area contributed by atoms with E-state index in [1.165, 1.54) is 17.4 Å². The molecule has 1 amide bonds. The first-order valence-corrected chi connectivity index (χ1v) is 15.9. The molecule has 0 unspecified atom stereocenters. The molecule has 2 heterocycles. The number of hydrogen-bond acceptors (Lipinski definition) is 7. The molecule has 0 aliphatic rings. The molecule has 1 N–H and O–H groups in total. The lowest BCUT2D eigenvalue weighted by Crippen LogP contribution is -2.30. The zero-order valence-electron chi connectivity index (χ0n) is 23.1. The number of benzene rings is 4. The van der Waals surface area contributed by atoms with Crippen molar-refractivity contribution in [2.24, 2.45) is 0 Å². The topological polar surface area (TPSA) is 111 Å². The third kappa shape index (κ3) is 5.75. The van der Waals surface area contributed by atoms with Crippen molar-refractivity contribution in [1.82, 2.24) is 19.3 Å². The van der Waals surface area contributed by atoms with Crippen molar-refractivity contribution < 1.29 is 13.2 Å². The molecule has 6 rings (SSSR count). The van der Waals surface area contributed by atoms with Crippen LogP contribution in [0.15, 0.2) is 119 Å². The van der Waals surface area contributed by atoms with Gasteiger partial charge in [0.2, 0.25) is 0 Å². The molecule has 2 aromatic heterocycles. The molecular weight excluding hydrogens is 581 g/mol. The molecule has 0 fully saturated rings. The summed E-state index contributed by atoms with van der Waals surface area (Å²) in [5, 5.41) is 0.748. The molecule has 0 spiro atoms. The lowest BCUT2D eigenvalue weighted by Gasteiger charge is -2.13. The summed E-state index contributed by atoms with van der Waals surface area (Å²) < 4.78 is 30.8. The van der Waals surface area contributed by atoms with Gasteiger partial charge in [0.25, 0.3) is 21.5 Å². The number of fused-ring (bicyclic) bond motifs is 1. The van der Waals surface area contributed by atoms with Crippen LogP contribution in [0.1, 0.15) is 28.7 Å². The average Bonchev–Trinajstić information content (AvgIpc) is 3.48. The first-order valence-electron chi connectivity index (χ1n) is 13.6. The minimum Gasteiger partial charge on any atom is -0.291 e. The van der Waals surface area contributed by atoms with Gasteiger partial charge >= 0.3 is 0 Å². The van der Waals surface area contributed by atoms with Crippen LogP contribution in [0, 0.1) is 0 Å². The van der Waals surface area contributed by atoms with E-state index in [0.717, 1.165) is 16.1 Å². The summed E-state index contributed by atoms with van der Waals surface area (Å²) in [5.41, 5.74) is 3.46. The van der Waals surface area contributed by atoms with Gasteiger partial charge < -0.3 is 0 Å². The highest BCUT2D eigenvalue weighted by molar-refractivity contribution is 7.90. The Kier molecular flexibility index (Phi) is 7.71. The second-order valence-electron chi connectivity index (χ2n) is 9.80. The maximum Gasteiger partial charge on any atom is 0.273 e. The fraction of sp³-hybridized carbons (Fsp3) is 0.0909. The van der Waals surface area contributed by atoms with Gasteiger partial charge in [-0.2, -0.15) is 0 Å². The molecule has 0 bridgehead atoms. The zero-order chi connectivity index (χ0) is 30.0. The molecule has 0 aliphatic carbocycles. The Bertz CT molecular complexity index is 2110. The minimum absolute atomic E-state index is 0.00872. The van der Waals surface area contributed by atoms with E-state index in [1.54, 1.807) is 53.1 Å². The van der Waals surface area contributed by atoms with Crippen molar-refractivity contribution in [3.63, 3.8) is 0 Å². The van der Waals surface area contributed by atoms with Crippen LogP contribution in [0.5, 0.6) is 0 Å². The average molecular weight is 607 g/mol. The van der Waals surface area contributed by atoms with E-state index >= 15 is 0 Å². The highest BCUT2D eigenvalue weighted by Gasteiger charge is 2.22. The Morgan fingerprint density at radius 3 is 2.16 bits per heavy atom. The lowest BCUT2D eigenvalue weighted by atomic mass is 10.0. The van der Waals surface area contributed by atoms with Crippen molar-refractivity contribution in [3.8, 4) is 21.7 Å². The summed E-state index contributed by atoms with van der Waals surface area (Å²) in [6.45, 7) is 2.25. The predicted octanol–water partition coefficient (Wildman–Crippen LogP) is 5.92. The van der Waals surface area contributed by atoms with E-state index in [-0.39, 0.29) is 16.0 Å². The van der Waals surface area contributed by atoms with Gasteiger partial charge in [-0.15, -0.1) is 11.3 Å². The smallest absolute Gasteiger partial charge is 0.273 e. The summed E-state index contributed by atoms with van der Waals surface area (Å²) in [7, 11) is -4.16. The molecule has 0 radical (unpaired) electrons. The zero-order valence-corrected chi connectivity index (χ0v) is 24.7. The molecule has 214 valence electrons. The maximum absolute atomic E-state index is 13.6. The molecule has 6 aromatic rings. The maximum atomic E-state index is 13.6. The second-order valence-corrected chi connectivity index (χ2v) is 12.5. The van der Waals surface area contributed by atoms with E-state index in [1.807, 2.05) is 61.5 Å². The number of nitrogens with one attached hydrogen (secondary N) is 1. The molecule has 4 aromatic carbocycles. The molecular formula is C33H26N4O4S2. The molecule has 8 nitrogen and oxygen atoms in total. The van der Waals surface area contributed by atoms with E-state index < -0.39 is 15.9 Å². The number of carbonyl (C=O) groups excluding carboxylic acids is 1. The predicted molar refractivity (Wildman–Crippen MR) is 169 cm³/mol. The molecule has 0 aliphatic heterocycles. The van der Waals surface area contributed by atoms with Gasteiger partial charge in [-0.25, -0.2) is 23.1 Å². The van der Waals surface area contributed by atoms with Crippen LogP contribution in [0.4, 0.5) is 0 Å². The first kappa shape index (κ1) is 28.2. The Morgan fingerprint density at radius 1 is 0.814 bits per heavy atom.